The molecule has 0 radical (unpaired) electrons. The second kappa shape index (κ2) is 5.00. The smallest absolute Gasteiger partial charge is 0.324 e. The average Bonchev–Trinajstić information content (AvgIpc) is 2.82. The summed E-state index contributed by atoms with van der Waals surface area (Å²) >= 11 is 0. The van der Waals surface area contributed by atoms with Gasteiger partial charge in [-0.2, -0.15) is 5.10 Å². The van der Waals surface area contributed by atoms with Gasteiger partial charge in [-0.1, -0.05) is 0 Å². The molecule has 0 bridgehead atoms. The number of hydrogen-bond donors (Lipinski definition) is 1. The highest BCUT2D eigenvalue weighted by Gasteiger charge is 2.42. The zero-order chi connectivity index (χ0) is 14.0. The monoisotopic (exact) mass is 266 g/mol. The zero-order valence-corrected chi connectivity index (χ0v) is 11.3. The molecular weight excluding hydrogens is 248 g/mol. The lowest BCUT2D eigenvalue weighted by Crippen LogP contribution is -2.57. The number of rotatable bonds is 4. The van der Waals surface area contributed by atoms with Crippen molar-refractivity contribution < 1.29 is 14.3 Å². The van der Waals surface area contributed by atoms with Crippen molar-refractivity contribution in [1.82, 2.24) is 20.0 Å². The number of nitrogens with one attached hydrogen (secondary N) is 1. The molecule has 0 spiro atoms. The third-order valence-corrected chi connectivity index (χ3v) is 3.58. The van der Waals surface area contributed by atoms with Crippen molar-refractivity contribution in [3.05, 3.63) is 18.0 Å². The summed E-state index contributed by atoms with van der Waals surface area (Å²) in [6.45, 7) is 3.06. The number of aromatic nitrogens is 2. The first-order valence-electron chi connectivity index (χ1n) is 6.07. The fourth-order valence-electron chi connectivity index (χ4n) is 2.15. The van der Waals surface area contributed by atoms with Crippen LogP contribution in [-0.2, 0) is 21.6 Å². The number of imide groups is 1. The summed E-state index contributed by atoms with van der Waals surface area (Å²) in [7, 11) is 3.30. The minimum absolute atomic E-state index is 0.227. The van der Waals surface area contributed by atoms with Crippen molar-refractivity contribution >= 4 is 11.9 Å². The molecule has 2 rings (SSSR count). The Bertz CT molecular complexity index is 499. The Balaban J connectivity index is 2.25. The van der Waals surface area contributed by atoms with E-state index in [0.29, 0.717) is 13.2 Å². The molecule has 1 aliphatic rings. The highest BCUT2D eigenvalue weighted by molar-refractivity contribution is 5.97. The van der Waals surface area contributed by atoms with E-state index in [-0.39, 0.29) is 18.4 Å². The molecule has 7 heteroatoms. The number of amides is 3. The quantitative estimate of drug-likeness (QED) is 0.851. The molecule has 0 saturated carbocycles. The van der Waals surface area contributed by atoms with E-state index in [9.17, 15) is 9.59 Å². The second-order valence-electron chi connectivity index (χ2n) is 4.85. The van der Waals surface area contributed by atoms with E-state index in [1.807, 2.05) is 13.1 Å². The van der Waals surface area contributed by atoms with Gasteiger partial charge in [-0.05, 0) is 6.92 Å². The Morgan fingerprint density at radius 3 is 2.95 bits per heavy atom. The Kier molecular flexibility index (Phi) is 3.57. The summed E-state index contributed by atoms with van der Waals surface area (Å²) in [6, 6.07) is -0.386. The Morgan fingerprint density at radius 2 is 2.26 bits per heavy atom. The van der Waals surface area contributed by atoms with E-state index in [4.69, 9.17) is 4.74 Å². The molecule has 3 amide bonds. The Labute approximate surface area is 111 Å². The summed E-state index contributed by atoms with van der Waals surface area (Å²) in [6.07, 6.45) is 3.77. The van der Waals surface area contributed by atoms with Gasteiger partial charge in [-0.25, -0.2) is 4.79 Å². The van der Waals surface area contributed by atoms with Crippen LogP contribution in [0.4, 0.5) is 4.79 Å². The molecular formula is C12H18N4O3. The highest BCUT2D eigenvalue weighted by atomic mass is 16.5. The van der Waals surface area contributed by atoms with Gasteiger partial charge in [0.2, 0.25) is 5.91 Å². The van der Waals surface area contributed by atoms with Gasteiger partial charge >= 0.3 is 6.03 Å². The van der Waals surface area contributed by atoms with E-state index in [1.165, 1.54) is 4.90 Å². The van der Waals surface area contributed by atoms with E-state index in [1.54, 1.807) is 25.0 Å². The van der Waals surface area contributed by atoms with E-state index in [2.05, 4.69) is 10.4 Å². The normalized spacial score (nSPS) is 23.6. The van der Waals surface area contributed by atoms with Crippen LogP contribution in [0.25, 0.3) is 0 Å². The van der Waals surface area contributed by atoms with Gasteiger partial charge < -0.3 is 9.64 Å². The Hall–Kier alpha value is -1.89. The third kappa shape index (κ3) is 2.46. The summed E-state index contributed by atoms with van der Waals surface area (Å²) in [4.78, 5) is 24.8. The number of carbonyl (C=O) groups excluding carboxylic acids is 2. The van der Waals surface area contributed by atoms with Crippen LogP contribution in [-0.4, -0.2) is 47.4 Å². The van der Waals surface area contributed by atoms with Crippen LogP contribution in [0.1, 0.15) is 18.9 Å². The largest absolute Gasteiger partial charge is 0.383 e. The number of nitrogens with zero attached hydrogens (tertiary/aromatic N) is 3. The van der Waals surface area contributed by atoms with Gasteiger partial charge in [-0.15, -0.1) is 0 Å². The van der Waals surface area contributed by atoms with Crippen molar-refractivity contribution in [2.75, 3.05) is 20.8 Å². The van der Waals surface area contributed by atoms with Gasteiger partial charge in [0.25, 0.3) is 0 Å². The summed E-state index contributed by atoms with van der Waals surface area (Å²) < 4.78 is 6.74. The van der Waals surface area contributed by atoms with Gasteiger partial charge in [0, 0.05) is 25.9 Å². The summed E-state index contributed by atoms with van der Waals surface area (Å²) in [5, 5.41) is 6.52. The van der Waals surface area contributed by atoms with Crippen LogP contribution in [0, 0.1) is 0 Å². The lowest BCUT2D eigenvalue weighted by atomic mass is 9.87. The first-order valence-corrected chi connectivity index (χ1v) is 6.07. The maximum Gasteiger partial charge on any atom is 0.324 e. The first-order chi connectivity index (χ1) is 8.97. The van der Waals surface area contributed by atoms with Crippen LogP contribution < -0.4 is 5.32 Å². The number of hydrogen-bond acceptors (Lipinski definition) is 4. The van der Waals surface area contributed by atoms with Gasteiger partial charge in [0.05, 0.1) is 31.3 Å². The average molecular weight is 266 g/mol. The maximum absolute atomic E-state index is 11.7. The molecule has 1 aliphatic heterocycles. The van der Waals surface area contributed by atoms with Gasteiger partial charge in [0.15, 0.2) is 0 Å². The first kappa shape index (κ1) is 13.5. The van der Waals surface area contributed by atoms with Crippen LogP contribution in [0.15, 0.2) is 12.4 Å². The third-order valence-electron chi connectivity index (χ3n) is 3.58. The lowest BCUT2D eigenvalue weighted by Gasteiger charge is -2.41. The molecule has 1 aromatic heterocycles. The maximum atomic E-state index is 11.7. The van der Waals surface area contributed by atoms with Gasteiger partial charge in [0.1, 0.15) is 0 Å². The fourth-order valence-corrected chi connectivity index (χ4v) is 2.15. The zero-order valence-electron chi connectivity index (χ0n) is 11.3. The van der Waals surface area contributed by atoms with Crippen molar-refractivity contribution in [3.63, 3.8) is 0 Å². The number of urea groups is 1. The molecule has 1 aromatic rings. The predicted octanol–water partition coefficient (Wildman–Crippen LogP) is 0.316. The molecule has 1 unspecified atom stereocenters. The lowest BCUT2D eigenvalue weighted by molar-refractivity contribution is -0.124. The topological polar surface area (TPSA) is 76.5 Å². The van der Waals surface area contributed by atoms with Gasteiger partial charge in [-0.3, -0.25) is 14.8 Å². The standard InChI is InChI=1S/C12H18N4O3/c1-12(6-10(17)14-11(18)15(12)2)9-7-13-16(8-9)4-5-19-3/h7-8H,4-6H2,1-3H3,(H,14,17,18). The van der Waals surface area contributed by atoms with Crippen molar-refractivity contribution in [2.45, 2.75) is 25.4 Å². The fraction of sp³-hybridized carbons (Fsp3) is 0.583. The van der Waals surface area contributed by atoms with E-state index >= 15 is 0 Å². The Morgan fingerprint density at radius 1 is 1.53 bits per heavy atom. The summed E-state index contributed by atoms with van der Waals surface area (Å²) in [5.41, 5.74) is 0.180. The minimum Gasteiger partial charge on any atom is -0.383 e. The molecule has 19 heavy (non-hydrogen) atoms. The molecule has 1 fully saturated rings. The van der Waals surface area contributed by atoms with E-state index in [0.717, 1.165) is 5.56 Å². The van der Waals surface area contributed by atoms with Crippen molar-refractivity contribution in [3.8, 4) is 0 Å². The number of carbonyl (C=O) groups is 2. The predicted molar refractivity (Wildman–Crippen MR) is 67.4 cm³/mol. The molecule has 0 aromatic carbocycles. The molecule has 1 N–H and O–H groups in total. The van der Waals surface area contributed by atoms with Crippen LogP contribution in [0.5, 0.6) is 0 Å². The molecule has 2 heterocycles. The SMILES string of the molecule is COCCn1cc(C2(C)CC(=O)NC(=O)N2C)cn1. The number of methoxy groups -OCH3 is 1. The van der Waals surface area contributed by atoms with E-state index < -0.39 is 5.54 Å². The van der Waals surface area contributed by atoms with Crippen LogP contribution in [0.2, 0.25) is 0 Å². The van der Waals surface area contributed by atoms with Crippen molar-refractivity contribution in [2.24, 2.45) is 0 Å². The molecule has 7 nitrogen and oxygen atoms in total. The summed E-state index contributed by atoms with van der Waals surface area (Å²) in [5.74, 6) is -0.268. The number of ether oxygens (including phenoxy) is 1. The van der Waals surface area contributed by atoms with Crippen molar-refractivity contribution in [1.29, 1.82) is 0 Å². The molecule has 1 atom stereocenters. The second-order valence-corrected chi connectivity index (χ2v) is 4.85. The van der Waals surface area contributed by atoms with Crippen LogP contribution in [0.3, 0.4) is 0 Å². The molecule has 0 aliphatic carbocycles. The minimum atomic E-state index is -0.662. The van der Waals surface area contributed by atoms with Crippen LogP contribution >= 0.6 is 0 Å². The highest BCUT2D eigenvalue weighted by Crippen LogP contribution is 2.32. The molecule has 1 saturated heterocycles. The molecule has 104 valence electrons.